The molecule has 1 heterocycles. The van der Waals surface area contributed by atoms with Gasteiger partial charge in [-0.15, -0.1) is 0 Å². The van der Waals surface area contributed by atoms with Crippen molar-refractivity contribution < 1.29 is 10.2 Å². The monoisotopic (exact) mass is 146 g/mol. The first-order chi connectivity index (χ1) is 4.23. The second-order valence-electron chi connectivity index (χ2n) is 1.04. The third-order valence-electron chi connectivity index (χ3n) is 0.406. The minimum atomic E-state index is -1.000. The third kappa shape index (κ3) is 10.9. The number of rotatable bonds is 0. The van der Waals surface area contributed by atoms with E-state index in [4.69, 9.17) is 10.2 Å². The molecule has 0 aliphatic heterocycles. The summed E-state index contributed by atoms with van der Waals surface area (Å²) >= 11 is 3.65. The molecule has 1 aromatic heterocycles. The van der Waals surface area contributed by atoms with Crippen molar-refractivity contribution in [1.82, 2.24) is 9.97 Å². The lowest BCUT2D eigenvalue weighted by atomic mass is 11.0. The lowest BCUT2D eigenvalue weighted by molar-refractivity contribution is 0.386. The molecular weight excluding hydrogens is 140 g/mol. The molecule has 0 fully saturated rings. The zero-order chi connectivity index (χ0) is 7.11. The molecular formula is C4H6N2O2S. The van der Waals surface area contributed by atoms with Crippen LogP contribution in [-0.2, 0) is 0 Å². The Labute approximate surface area is 57.2 Å². The van der Waals surface area contributed by atoms with Crippen molar-refractivity contribution in [2.75, 3.05) is 0 Å². The molecule has 0 aliphatic carbocycles. The lowest BCUT2D eigenvalue weighted by Crippen LogP contribution is -1.80. The predicted molar refractivity (Wildman–Crippen MR) is 36.4 cm³/mol. The summed E-state index contributed by atoms with van der Waals surface area (Å²) < 4.78 is 0. The van der Waals surface area contributed by atoms with E-state index in [0.717, 1.165) is 0 Å². The number of imidazole rings is 1. The summed E-state index contributed by atoms with van der Waals surface area (Å²) in [4.78, 5) is 6.42. The number of hydrogen-bond donors (Lipinski definition) is 3. The van der Waals surface area contributed by atoms with E-state index in [1.807, 2.05) is 0 Å². The second kappa shape index (κ2) is 5.04. The van der Waals surface area contributed by atoms with Crippen molar-refractivity contribution in [2.24, 2.45) is 0 Å². The molecule has 0 atom stereocenters. The van der Waals surface area contributed by atoms with E-state index in [1.165, 1.54) is 0 Å². The van der Waals surface area contributed by atoms with Crippen molar-refractivity contribution in [3.63, 3.8) is 0 Å². The molecule has 0 unspecified atom stereocenters. The molecule has 4 nitrogen and oxygen atoms in total. The molecule has 5 heteroatoms. The van der Waals surface area contributed by atoms with Gasteiger partial charge in [0, 0.05) is 24.6 Å². The van der Waals surface area contributed by atoms with E-state index in [0.29, 0.717) is 0 Å². The fourth-order valence-electron chi connectivity index (χ4n) is 0.215. The molecule has 0 aliphatic rings. The maximum Gasteiger partial charge on any atom is 0.347 e. The predicted octanol–water partition coefficient (Wildman–Crippen LogP) is 0.797. The number of aromatic nitrogens is 2. The number of aromatic amines is 1. The highest BCUT2D eigenvalue weighted by Gasteiger charge is 1.62. The highest BCUT2D eigenvalue weighted by molar-refractivity contribution is 7.79. The van der Waals surface area contributed by atoms with Crippen LogP contribution in [0.25, 0.3) is 0 Å². The van der Waals surface area contributed by atoms with Gasteiger partial charge in [-0.25, -0.2) is 4.98 Å². The van der Waals surface area contributed by atoms with Crippen LogP contribution in [0.1, 0.15) is 0 Å². The number of aliphatic hydroxyl groups excluding tert-OH is 1. The number of hydrogen-bond acceptors (Lipinski definition) is 2. The summed E-state index contributed by atoms with van der Waals surface area (Å²) in [5.41, 5.74) is 0. The Morgan fingerprint density at radius 2 is 2.11 bits per heavy atom. The fourth-order valence-corrected chi connectivity index (χ4v) is 0.215. The van der Waals surface area contributed by atoms with Crippen LogP contribution in [0, 0.1) is 0 Å². The van der Waals surface area contributed by atoms with E-state index in [9.17, 15) is 0 Å². The first kappa shape index (κ1) is 7.90. The molecule has 0 saturated carbocycles. The molecule has 1 rings (SSSR count). The summed E-state index contributed by atoms with van der Waals surface area (Å²) in [5.74, 6) is 0. The van der Waals surface area contributed by atoms with Gasteiger partial charge in [0.2, 0.25) is 0 Å². The van der Waals surface area contributed by atoms with Gasteiger partial charge < -0.3 is 15.2 Å². The van der Waals surface area contributed by atoms with Crippen molar-refractivity contribution in [3.8, 4) is 0 Å². The number of nitrogens with zero attached hydrogens (tertiary/aromatic N) is 1. The van der Waals surface area contributed by atoms with Gasteiger partial charge in [0.05, 0.1) is 6.33 Å². The smallest absolute Gasteiger partial charge is 0.347 e. The normalized spacial score (nSPS) is 7.11. The molecule has 9 heavy (non-hydrogen) atoms. The molecule has 0 aromatic carbocycles. The van der Waals surface area contributed by atoms with E-state index in [1.54, 1.807) is 18.7 Å². The Bertz CT molecular complexity index is 130. The van der Waals surface area contributed by atoms with E-state index in [-0.39, 0.29) is 0 Å². The zero-order valence-electron chi connectivity index (χ0n) is 4.48. The van der Waals surface area contributed by atoms with Crippen LogP contribution in [0.3, 0.4) is 0 Å². The van der Waals surface area contributed by atoms with Crippen LogP contribution < -0.4 is 0 Å². The van der Waals surface area contributed by atoms with Crippen molar-refractivity contribution in [1.29, 1.82) is 0 Å². The SMILES string of the molecule is OC(O)=S.c1c[nH]cn1. The molecule has 0 radical (unpaired) electrons. The third-order valence-corrected chi connectivity index (χ3v) is 0.406. The van der Waals surface area contributed by atoms with Gasteiger partial charge in [0.25, 0.3) is 0 Å². The number of thiocarbonyl (C=S) groups is 1. The second-order valence-corrected chi connectivity index (χ2v) is 1.41. The summed E-state index contributed by atoms with van der Waals surface area (Å²) in [6.45, 7) is 0. The minimum Gasteiger partial charge on any atom is -0.473 e. The van der Waals surface area contributed by atoms with Gasteiger partial charge in [-0.3, -0.25) is 0 Å². The Morgan fingerprint density at radius 3 is 2.22 bits per heavy atom. The molecule has 0 amide bonds. The summed E-state index contributed by atoms with van der Waals surface area (Å²) in [5, 5.41) is 13.7. The number of H-pyrrole nitrogens is 1. The topological polar surface area (TPSA) is 69.1 Å². The molecule has 0 bridgehead atoms. The summed E-state index contributed by atoms with van der Waals surface area (Å²) in [7, 11) is 0. The van der Waals surface area contributed by atoms with Gasteiger partial charge >= 0.3 is 5.24 Å². The van der Waals surface area contributed by atoms with Crippen molar-refractivity contribution in [3.05, 3.63) is 18.7 Å². The first-order valence-electron chi connectivity index (χ1n) is 2.08. The van der Waals surface area contributed by atoms with Gasteiger partial charge in [-0.05, 0) is 0 Å². The zero-order valence-corrected chi connectivity index (χ0v) is 5.30. The fraction of sp³-hybridized carbons (Fsp3) is 0. The minimum absolute atomic E-state index is 1.000. The molecule has 0 spiro atoms. The average Bonchev–Trinajstić information content (AvgIpc) is 2.11. The maximum absolute atomic E-state index is 7.34. The Kier molecular flexibility index (Phi) is 4.43. The highest BCUT2D eigenvalue weighted by Crippen LogP contribution is 1.62. The van der Waals surface area contributed by atoms with Gasteiger partial charge in [0.15, 0.2) is 0 Å². The van der Waals surface area contributed by atoms with Crippen LogP contribution in [0.5, 0.6) is 0 Å². The van der Waals surface area contributed by atoms with Gasteiger partial charge in [-0.1, -0.05) is 0 Å². The molecule has 1 aromatic rings. The summed E-state index contributed by atoms with van der Waals surface area (Å²) in [6.07, 6.45) is 5.08. The van der Waals surface area contributed by atoms with E-state index >= 15 is 0 Å². The highest BCUT2D eigenvalue weighted by atomic mass is 32.1. The van der Waals surface area contributed by atoms with E-state index in [2.05, 4.69) is 22.2 Å². The van der Waals surface area contributed by atoms with Crippen LogP contribution in [-0.4, -0.2) is 25.4 Å². The van der Waals surface area contributed by atoms with Crippen LogP contribution in [0.15, 0.2) is 18.7 Å². The quantitative estimate of drug-likeness (QED) is 0.473. The Balaban J connectivity index is 0.000000148. The number of nitrogens with one attached hydrogen (secondary N) is 1. The molecule has 3 N–H and O–H groups in total. The van der Waals surface area contributed by atoms with Crippen molar-refractivity contribution in [2.45, 2.75) is 0 Å². The Hall–Kier alpha value is -1.10. The van der Waals surface area contributed by atoms with Crippen molar-refractivity contribution >= 4 is 17.5 Å². The van der Waals surface area contributed by atoms with Crippen LogP contribution in [0.4, 0.5) is 0 Å². The van der Waals surface area contributed by atoms with Crippen LogP contribution >= 0.6 is 12.2 Å². The maximum atomic E-state index is 7.34. The summed E-state index contributed by atoms with van der Waals surface area (Å²) in [6, 6.07) is 0. The largest absolute Gasteiger partial charge is 0.473 e. The van der Waals surface area contributed by atoms with Gasteiger partial charge in [-0.2, -0.15) is 0 Å². The number of aliphatic hydroxyl groups is 2. The van der Waals surface area contributed by atoms with Crippen LogP contribution in [0.2, 0.25) is 0 Å². The molecule has 0 saturated heterocycles. The van der Waals surface area contributed by atoms with E-state index < -0.39 is 5.24 Å². The van der Waals surface area contributed by atoms with Gasteiger partial charge in [0.1, 0.15) is 0 Å². The standard InChI is InChI=1S/C3H4N2.CH2O2S/c1-2-5-3-4-1;2-1(3)4/h1-3H,(H,4,5);(H2,2,3,4). The molecule has 50 valence electrons. The average molecular weight is 146 g/mol. The first-order valence-corrected chi connectivity index (χ1v) is 2.49. The lowest BCUT2D eigenvalue weighted by Gasteiger charge is -1.65. The Morgan fingerprint density at radius 1 is 1.56 bits per heavy atom.